The summed E-state index contributed by atoms with van der Waals surface area (Å²) in [4.78, 5) is 13.3. The van der Waals surface area contributed by atoms with E-state index in [-0.39, 0.29) is 11.6 Å². The minimum Gasteiger partial charge on any atom is -0.381 e. The summed E-state index contributed by atoms with van der Waals surface area (Å²) in [5, 5.41) is 6.69. The number of anilines is 2. The second-order valence-corrected chi connectivity index (χ2v) is 8.78. The number of piperazine rings is 1. The molecule has 36 heavy (non-hydrogen) atoms. The second kappa shape index (κ2) is 11.2. The SMILES string of the molecule is C=C1NCCN(Cc2cc(C(F)(F)F)ccc2Cl)C1=N/C(=C\C)Nc1ccc(N2CCOCC2)nc1. The van der Waals surface area contributed by atoms with Crippen LogP contribution in [0.3, 0.4) is 0 Å². The van der Waals surface area contributed by atoms with E-state index in [1.807, 2.05) is 24.0 Å². The normalized spacial score (nSPS) is 18.4. The number of ether oxygens (including phenoxy) is 1. The maximum Gasteiger partial charge on any atom is 0.416 e. The zero-order valence-corrected chi connectivity index (χ0v) is 20.7. The zero-order valence-electron chi connectivity index (χ0n) is 19.9. The van der Waals surface area contributed by atoms with E-state index in [9.17, 15) is 13.2 Å². The van der Waals surface area contributed by atoms with Gasteiger partial charge in [-0.25, -0.2) is 9.98 Å². The second-order valence-electron chi connectivity index (χ2n) is 8.37. The molecule has 2 fully saturated rings. The number of aromatic nitrogens is 1. The fraction of sp³-hybridized carbons (Fsp3) is 0.360. The van der Waals surface area contributed by atoms with E-state index in [1.54, 1.807) is 12.3 Å². The highest BCUT2D eigenvalue weighted by Gasteiger charge is 2.31. The number of allylic oxidation sites excluding steroid dienone is 1. The van der Waals surface area contributed by atoms with Crippen molar-refractivity contribution in [2.75, 3.05) is 49.6 Å². The average Bonchev–Trinajstić information content (AvgIpc) is 2.87. The van der Waals surface area contributed by atoms with Gasteiger partial charge in [0.15, 0.2) is 5.84 Å². The summed E-state index contributed by atoms with van der Waals surface area (Å²) in [5.41, 5.74) is 0.961. The smallest absolute Gasteiger partial charge is 0.381 e. The third-order valence-electron chi connectivity index (χ3n) is 5.88. The lowest BCUT2D eigenvalue weighted by molar-refractivity contribution is -0.137. The first-order valence-electron chi connectivity index (χ1n) is 11.6. The molecular weight excluding hydrogens is 493 g/mol. The molecule has 1 aromatic heterocycles. The van der Waals surface area contributed by atoms with E-state index in [2.05, 4.69) is 27.1 Å². The van der Waals surface area contributed by atoms with Gasteiger partial charge in [0.1, 0.15) is 11.6 Å². The van der Waals surface area contributed by atoms with Crippen molar-refractivity contribution in [2.24, 2.45) is 4.99 Å². The average molecular weight is 521 g/mol. The number of nitrogens with one attached hydrogen (secondary N) is 2. The van der Waals surface area contributed by atoms with Gasteiger partial charge in [-0.2, -0.15) is 13.2 Å². The number of amidine groups is 1. The number of benzene rings is 1. The van der Waals surface area contributed by atoms with Crippen molar-refractivity contribution >= 4 is 28.9 Å². The topological polar surface area (TPSA) is 65.0 Å². The standard InChI is InChI=1S/C25H28ClF3N6O/c1-3-22(32-20-5-7-23(31-15-20)34-10-12-36-13-11-34)33-24-17(2)30-8-9-35(24)16-18-14-19(25(27,28)29)4-6-21(18)26/h3-7,14-15,30,32H,2,8-13,16H2,1H3/b22-3-,33-24?. The number of hydrogen-bond donors (Lipinski definition) is 2. The number of morpholine rings is 1. The quantitative estimate of drug-likeness (QED) is 0.566. The largest absolute Gasteiger partial charge is 0.416 e. The highest BCUT2D eigenvalue weighted by atomic mass is 35.5. The van der Waals surface area contributed by atoms with Crippen LogP contribution in [-0.4, -0.2) is 55.1 Å². The Kier molecular flexibility index (Phi) is 8.05. The molecule has 0 unspecified atom stereocenters. The summed E-state index contributed by atoms with van der Waals surface area (Å²) in [6.45, 7) is 10.1. The lowest BCUT2D eigenvalue weighted by Crippen LogP contribution is -2.46. The number of pyridine rings is 1. The monoisotopic (exact) mass is 520 g/mol. The number of alkyl halides is 3. The fourth-order valence-electron chi connectivity index (χ4n) is 3.95. The van der Waals surface area contributed by atoms with Crippen LogP contribution in [0.15, 0.2) is 65.7 Å². The van der Waals surface area contributed by atoms with E-state index >= 15 is 0 Å². The number of halogens is 4. The van der Waals surface area contributed by atoms with E-state index in [0.717, 1.165) is 36.7 Å². The van der Waals surface area contributed by atoms with Crippen molar-refractivity contribution in [2.45, 2.75) is 19.6 Å². The van der Waals surface area contributed by atoms with Gasteiger partial charge in [-0.05, 0) is 48.9 Å². The van der Waals surface area contributed by atoms with Crippen LogP contribution in [-0.2, 0) is 17.5 Å². The third-order valence-corrected chi connectivity index (χ3v) is 6.25. The number of rotatable bonds is 6. The first-order valence-corrected chi connectivity index (χ1v) is 12.0. The molecule has 0 saturated carbocycles. The lowest BCUT2D eigenvalue weighted by Gasteiger charge is -2.33. The van der Waals surface area contributed by atoms with Crippen molar-refractivity contribution in [3.05, 3.63) is 76.9 Å². The van der Waals surface area contributed by atoms with Crippen LogP contribution in [0, 0.1) is 0 Å². The van der Waals surface area contributed by atoms with Crippen LogP contribution in [0.1, 0.15) is 18.1 Å². The Morgan fingerprint density at radius 1 is 1.25 bits per heavy atom. The summed E-state index contributed by atoms with van der Waals surface area (Å²) in [7, 11) is 0. The molecule has 2 N–H and O–H groups in total. The maximum atomic E-state index is 13.2. The van der Waals surface area contributed by atoms with E-state index in [1.165, 1.54) is 6.07 Å². The van der Waals surface area contributed by atoms with Crippen LogP contribution in [0.4, 0.5) is 24.7 Å². The Morgan fingerprint density at radius 2 is 2.03 bits per heavy atom. The van der Waals surface area contributed by atoms with Crippen LogP contribution in [0.5, 0.6) is 0 Å². The summed E-state index contributed by atoms with van der Waals surface area (Å²) >= 11 is 6.25. The predicted molar refractivity (Wildman–Crippen MR) is 136 cm³/mol. The lowest BCUT2D eigenvalue weighted by atomic mass is 10.1. The van der Waals surface area contributed by atoms with Crippen LogP contribution < -0.4 is 15.5 Å². The fourth-order valence-corrected chi connectivity index (χ4v) is 4.13. The summed E-state index contributed by atoms with van der Waals surface area (Å²) in [6, 6.07) is 7.21. The van der Waals surface area contributed by atoms with Crippen LogP contribution in [0.2, 0.25) is 5.02 Å². The summed E-state index contributed by atoms with van der Waals surface area (Å²) in [5.74, 6) is 1.95. The van der Waals surface area contributed by atoms with Gasteiger partial charge in [-0.3, -0.25) is 0 Å². The molecule has 2 aromatic rings. The number of aliphatic imine (C=N–C) groups is 1. The first-order chi connectivity index (χ1) is 17.2. The van der Waals surface area contributed by atoms with Crippen molar-refractivity contribution in [3.63, 3.8) is 0 Å². The molecule has 0 aliphatic carbocycles. The van der Waals surface area contributed by atoms with E-state index in [0.29, 0.717) is 49.2 Å². The summed E-state index contributed by atoms with van der Waals surface area (Å²) < 4.78 is 45.1. The number of hydrogen-bond acceptors (Lipinski definition) is 6. The molecule has 0 spiro atoms. The molecule has 1 aromatic carbocycles. The van der Waals surface area contributed by atoms with Gasteiger partial charge in [-0.15, -0.1) is 0 Å². The third kappa shape index (κ3) is 6.30. The Labute approximate surface area is 213 Å². The van der Waals surface area contributed by atoms with Crippen LogP contribution in [0.25, 0.3) is 0 Å². The molecule has 2 aliphatic heterocycles. The van der Waals surface area contributed by atoms with Crippen molar-refractivity contribution < 1.29 is 17.9 Å². The predicted octanol–water partition coefficient (Wildman–Crippen LogP) is 4.88. The molecule has 4 rings (SSSR count). The van der Waals surface area contributed by atoms with Gasteiger partial charge in [0.05, 0.1) is 36.4 Å². The molecule has 192 valence electrons. The molecule has 0 bridgehead atoms. The highest BCUT2D eigenvalue weighted by Crippen LogP contribution is 2.32. The molecule has 0 atom stereocenters. The Hall–Kier alpha value is -3.24. The molecule has 0 radical (unpaired) electrons. The molecule has 11 heteroatoms. The molecule has 7 nitrogen and oxygen atoms in total. The first kappa shape index (κ1) is 25.8. The Bertz CT molecular complexity index is 1140. The van der Waals surface area contributed by atoms with E-state index in [4.69, 9.17) is 21.3 Å². The minimum absolute atomic E-state index is 0.162. The summed E-state index contributed by atoms with van der Waals surface area (Å²) in [6.07, 6.45) is -0.903. The van der Waals surface area contributed by atoms with Crippen molar-refractivity contribution in [1.29, 1.82) is 0 Å². The van der Waals surface area contributed by atoms with Gasteiger partial charge >= 0.3 is 6.18 Å². The van der Waals surface area contributed by atoms with Gasteiger partial charge < -0.3 is 25.2 Å². The van der Waals surface area contributed by atoms with Gasteiger partial charge in [-0.1, -0.05) is 18.2 Å². The zero-order chi connectivity index (χ0) is 25.7. The Morgan fingerprint density at radius 3 is 2.69 bits per heavy atom. The van der Waals surface area contributed by atoms with Crippen molar-refractivity contribution in [3.8, 4) is 0 Å². The van der Waals surface area contributed by atoms with Crippen LogP contribution >= 0.6 is 11.6 Å². The van der Waals surface area contributed by atoms with E-state index < -0.39 is 11.7 Å². The minimum atomic E-state index is -4.45. The molecule has 2 aliphatic rings. The van der Waals surface area contributed by atoms with Crippen molar-refractivity contribution in [1.82, 2.24) is 15.2 Å². The molecule has 0 amide bonds. The molecular formula is C25H28ClF3N6O. The molecule has 2 saturated heterocycles. The number of nitrogens with zero attached hydrogens (tertiary/aromatic N) is 4. The maximum absolute atomic E-state index is 13.2. The van der Waals surface area contributed by atoms with Gasteiger partial charge in [0, 0.05) is 37.7 Å². The highest BCUT2D eigenvalue weighted by molar-refractivity contribution is 6.31. The van der Waals surface area contributed by atoms with Gasteiger partial charge in [0.25, 0.3) is 0 Å². The van der Waals surface area contributed by atoms with Gasteiger partial charge in [0.2, 0.25) is 0 Å². The molecule has 3 heterocycles. The Balaban J connectivity index is 1.52.